The van der Waals surface area contributed by atoms with Crippen LogP contribution >= 0.6 is 23.2 Å². The Morgan fingerprint density at radius 1 is 1.20 bits per heavy atom. The third kappa shape index (κ3) is 5.88. The van der Waals surface area contributed by atoms with E-state index < -0.39 is 5.97 Å². The third-order valence-electron chi connectivity index (χ3n) is 6.83. The lowest BCUT2D eigenvalue weighted by Crippen LogP contribution is -2.44. The molecule has 2 unspecified atom stereocenters. The second kappa shape index (κ2) is 11.1. The van der Waals surface area contributed by atoms with Gasteiger partial charge in [0.05, 0.1) is 41.6 Å². The average molecular weight is 524 g/mol. The molecule has 0 radical (unpaired) electrons. The van der Waals surface area contributed by atoms with E-state index in [1.165, 1.54) is 0 Å². The Labute approximate surface area is 215 Å². The van der Waals surface area contributed by atoms with Crippen molar-refractivity contribution in [1.82, 2.24) is 4.98 Å². The van der Waals surface area contributed by atoms with E-state index in [1.807, 2.05) is 24.3 Å². The number of aliphatic carboxylic acids is 1. The highest BCUT2D eigenvalue weighted by molar-refractivity contribution is 6.33. The highest BCUT2D eigenvalue weighted by Crippen LogP contribution is 2.37. The molecule has 2 saturated heterocycles. The molecule has 0 saturated carbocycles. The fourth-order valence-corrected chi connectivity index (χ4v) is 5.41. The Bertz CT molecular complexity index is 1060. The number of anilines is 2. The van der Waals surface area contributed by atoms with Crippen molar-refractivity contribution in [1.29, 1.82) is 0 Å². The van der Waals surface area contributed by atoms with Crippen LogP contribution in [0.25, 0.3) is 0 Å². The first-order valence-corrected chi connectivity index (χ1v) is 12.5. The predicted octanol–water partition coefficient (Wildman–Crippen LogP) is 4.76. The molecule has 2 aliphatic rings. The average Bonchev–Trinajstić information content (AvgIpc) is 3.24. The number of hydrogen-bond acceptors (Lipinski definition) is 7. The lowest BCUT2D eigenvalue weighted by atomic mass is 9.96. The van der Waals surface area contributed by atoms with Crippen LogP contribution < -0.4 is 19.3 Å². The molecule has 0 amide bonds. The lowest BCUT2D eigenvalue weighted by molar-refractivity contribution is -0.137. The smallest absolute Gasteiger partial charge is 0.305 e. The molecule has 2 aromatic rings. The maximum absolute atomic E-state index is 11.3. The molecule has 1 aromatic heterocycles. The minimum absolute atomic E-state index is 0.00141. The van der Waals surface area contributed by atoms with E-state index >= 15 is 0 Å². The Balaban J connectivity index is 1.43. The molecular formula is C25H31Cl2N3O5. The molecule has 2 fully saturated rings. The second-order valence-corrected chi connectivity index (χ2v) is 9.97. The van der Waals surface area contributed by atoms with Gasteiger partial charge < -0.3 is 29.1 Å². The van der Waals surface area contributed by atoms with Gasteiger partial charge in [-0.05, 0) is 24.6 Å². The highest BCUT2D eigenvalue weighted by Gasteiger charge is 2.34. The van der Waals surface area contributed by atoms with Gasteiger partial charge in [-0.1, -0.05) is 30.1 Å². The van der Waals surface area contributed by atoms with E-state index in [1.54, 1.807) is 20.4 Å². The number of halogens is 2. The molecule has 3 heterocycles. The van der Waals surface area contributed by atoms with Crippen molar-refractivity contribution in [3.63, 3.8) is 0 Å². The van der Waals surface area contributed by atoms with Crippen molar-refractivity contribution in [2.75, 3.05) is 43.7 Å². The number of carboxylic acids is 1. The van der Waals surface area contributed by atoms with Gasteiger partial charge in [0.2, 0.25) is 5.88 Å². The summed E-state index contributed by atoms with van der Waals surface area (Å²) in [6, 6.07) is 7.39. The maximum atomic E-state index is 11.3. The number of carboxylic acid groups (broad SMARTS) is 1. The summed E-state index contributed by atoms with van der Waals surface area (Å²) in [6.07, 6.45) is 3.14. The molecule has 0 bridgehead atoms. The number of rotatable bonds is 8. The minimum atomic E-state index is -0.824. The summed E-state index contributed by atoms with van der Waals surface area (Å²) >= 11 is 13.0. The van der Waals surface area contributed by atoms with Gasteiger partial charge in [0.15, 0.2) is 0 Å². The number of methoxy groups -OCH3 is 2. The lowest BCUT2D eigenvalue weighted by Gasteiger charge is -2.38. The number of aromatic nitrogens is 1. The van der Waals surface area contributed by atoms with Crippen molar-refractivity contribution in [2.24, 2.45) is 5.92 Å². The predicted molar refractivity (Wildman–Crippen MR) is 136 cm³/mol. The van der Waals surface area contributed by atoms with Crippen LogP contribution in [-0.4, -0.2) is 68.2 Å². The molecule has 190 valence electrons. The van der Waals surface area contributed by atoms with Gasteiger partial charge in [-0.2, -0.15) is 0 Å². The van der Waals surface area contributed by atoms with Gasteiger partial charge in [-0.15, -0.1) is 0 Å². The van der Waals surface area contributed by atoms with E-state index in [-0.39, 0.29) is 30.6 Å². The van der Waals surface area contributed by atoms with Crippen molar-refractivity contribution >= 4 is 40.5 Å². The molecule has 0 aliphatic carbocycles. The van der Waals surface area contributed by atoms with Gasteiger partial charge in [-0.3, -0.25) is 4.79 Å². The van der Waals surface area contributed by atoms with Gasteiger partial charge in [-0.25, -0.2) is 4.98 Å². The number of pyridine rings is 1. The zero-order valence-electron chi connectivity index (χ0n) is 20.1. The fourth-order valence-electron chi connectivity index (χ4n) is 4.96. The van der Waals surface area contributed by atoms with E-state index in [4.69, 9.17) is 37.4 Å². The molecular weight excluding hydrogens is 493 g/mol. The molecule has 10 heteroatoms. The molecule has 4 atom stereocenters. The number of benzene rings is 1. The van der Waals surface area contributed by atoms with Crippen LogP contribution in [-0.2, 0) is 9.53 Å². The summed E-state index contributed by atoms with van der Waals surface area (Å²) in [5.41, 5.74) is 1.78. The van der Waals surface area contributed by atoms with Gasteiger partial charge in [0.1, 0.15) is 11.9 Å². The molecule has 1 aromatic carbocycles. The Morgan fingerprint density at radius 3 is 2.66 bits per heavy atom. The quantitative estimate of drug-likeness (QED) is 0.530. The van der Waals surface area contributed by atoms with Crippen LogP contribution in [0.3, 0.4) is 0 Å². The molecule has 8 nitrogen and oxygen atoms in total. The normalized spacial score (nSPS) is 24.5. The zero-order chi connectivity index (χ0) is 25.1. The summed E-state index contributed by atoms with van der Waals surface area (Å²) in [5.74, 6) is 0.564. The fraction of sp³-hybridized carbons (Fsp3) is 0.520. The highest BCUT2D eigenvalue weighted by atomic mass is 35.5. The Morgan fingerprint density at radius 2 is 2.00 bits per heavy atom. The number of ether oxygens (including phenoxy) is 3. The summed E-state index contributed by atoms with van der Waals surface area (Å²) in [6.45, 7) is 4.33. The first-order valence-electron chi connectivity index (χ1n) is 11.7. The van der Waals surface area contributed by atoms with E-state index in [0.29, 0.717) is 34.6 Å². The van der Waals surface area contributed by atoms with Crippen molar-refractivity contribution in [2.45, 2.75) is 44.4 Å². The summed E-state index contributed by atoms with van der Waals surface area (Å²) in [5, 5.41) is 10.4. The monoisotopic (exact) mass is 523 g/mol. The summed E-state index contributed by atoms with van der Waals surface area (Å²) in [4.78, 5) is 19.8. The SMILES string of the molecule is COc1cc(N2CCC(Oc3ccc(N4C[C@H](OC)C[C@@H]4CC(=O)O)cc3Cl)C(C)C2)c(Cl)cn1. The van der Waals surface area contributed by atoms with E-state index in [2.05, 4.69) is 21.7 Å². The third-order valence-corrected chi connectivity index (χ3v) is 7.42. The molecule has 2 aliphatic heterocycles. The van der Waals surface area contributed by atoms with Crippen LogP contribution in [0.2, 0.25) is 10.0 Å². The van der Waals surface area contributed by atoms with Gasteiger partial charge in [0.25, 0.3) is 0 Å². The maximum Gasteiger partial charge on any atom is 0.305 e. The van der Waals surface area contributed by atoms with Crippen LogP contribution in [0, 0.1) is 5.92 Å². The van der Waals surface area contributed by atoms with Gasteiger partial charge >= 0.3 is 5.97 Å². The number of carbonyl (C=O) groups is 1. The first-order chi connectivity index (χ1) is 16.8. The van der Waals surface area contributed by atoms with Crippen LogP contribution in [0.4, 0.5) is 11.4 Å². The van der Waals surface area contributed by atoms with E-state index in [9.17, 15) is 9.90 Å². The Hall–Kier alpha value is -2.42. The number of nitrogens with zero attached hydrogens (tertiary/aromatic N) is 3. The topological polar surface area (TPSA) is 84.4 Å². The number of hydrogen-bond donors (Lipinski definition) is 1. The molecule has 35 heavy (non-hydrogen) atoms. The molecule has 1 N–H and O–H groups in total. The van der Waals surface area contributed by atoms with Crippen LogP contribution in [0.15, 0.2) is 30.5 Å². The van der Waals surface area contributed by atoms with Crippen LogP contribution in [0.1, 0.15) is 26.2 Å². The standard InChI is InChI=1S/C25H31Cl2N3O5/c1-15-13-29(21-11-24(34-3)28-12-20(21)27)7-6-22(15)35-23-5-4-16(9-19(23)26)30-14-18(33-2)8-17(30)10-25(31)32/h4-5,9,11-12,15,17-18,22H,6-8,10,13-14H2,1-3H3,(H,31,32)/t15?,17-,18-,22?/m1/s1. The first kappa shape index (κ1) is 25.7. The summed E-state index contributed by atoms with van der Waals surface area (Å²) in [7, 11) is 3.24. The van der Waals surface area contributed by atoms with Crippen molar-refractivity contribution in [3.8, 4) is 11.6 Å². The largest absolute Gasteiger partial charge is 0.488 e. The molecule has 0 spiro atoms. The number of piperidine rings is 1. The van der Waals surface area contributed by atoms with Crippen LogP contribution in [0.5, 0.6) is 11.6 Å². The van der Waals surface area contributed by atoms with E-state index in [0.717, 1.165) is 30.9 Å². The van der Waals surface area contributed by atoms with Crippen molar-refractivity contribution < 1.29 is 24.1 Å². The zero-order valence-corrected chi connectivity index (χ0v) is 21.6. The minimum Gasteiger partial charge on any atom is -0.488 e. The van der Waals surface area contributed by atoms with Crippen molar-refractivity contribution in [3.05, 3.63) is 40.5 Å². The Kier molecular flexibility index (Phi) is 8.14. The second-order valence-electron chi connectivity index (χ2n) is 9.16. The molecule has 4 rings (SSSR count). The van der Waals surface area contributed by atoms with Gasteiger partial charge in [0, 0.05) is 56.9 Å². The summed E-state index contributed by atoms with van der Waals surface area (Å²) < 4.78 is 17.1.